The summed E-state index contributed by atoms with van der Waals surface area (Å²) in [5.41, 5.74) is -0.247. The highest BCUT2D eigenvalue weighted by Gasteiger charge is 2.25. The molecule has 3 aromatic rings. The predicted molar refractivity (Wildman–Crippen MR) is 199 cm³/mol. The molecule has 2 heterocycles. The van der Waals surface area contributed by atoms with Gasteiger partial charge >= 0.3 is 11.7 Å². The molecule has 0 radical (unpaired) electrons. The zero-order valence-corrected chi connectivity index (χ0v) is 34.3. The summed E-state index contributed by atoms with van der Waals surface area (Å²) in [6.45, 7) is 14.7. The van der Waals surface area contributed by atoms with Crippen LogP contribution in [0.3, 0.4) is 0 Å². The van der Waals surface area contributed by atoms with Crippen LogP contribution in [0.2, 0.25) is 10.0 Å². The summed E-state index contributed by atoms with van der Waals surface area (Å²) < 4.78 is 22.9. The Bertz CT molecular complexity index is 1710. The maximum Gasteiger partial charge on any atom is 0.442 e. The Hall–Kier alpha value is -2.57. The fourth-order valence-corrected chi connectivity index (χ4v) is 4.36. The van der Waals surface area contributed by atoms with E-state index >= 15 is 0 Å². The monoisotopic (exact) mass is 803 g/mol. The standard InChI is InChI=1S/C15H18Cl2N2O3.C8H14N4OS.C3H8NO5P.C3H9S/c1-8(2)21-12-7-11(9(16)6-10(12)17)19-14(20)22-13(18-19)15(3,4)5;1-8(2,3)5-6(13)12(9)7(14-4)11-10-5;5-3(6)1-4-2-10(7,8)9;1-4(2)3/h6-8H,1-5H3;9H2,1-4H3;4H,1-2H2,(H,5,6)(H2,7,8,9);1-3H3/q;;;+1/p-1. The first-order valence-corrected chi connectivity index (χ1v) is 20.8. The highest BCUT2D eigenvalue weighted by Crippen LogP contribution is 2.33. The quantitative estimate of drug-likeness (QED) is 0.111. The number of aromatic nitrogens is 5. The number of nitrogen functional groups attached to an aromatic ring is 1. The van der Waals surface area contributed by atoms with Crippen LogP contribution < -0.4 is 32.1 Å². The maximum atomic E-state index is 12.1. The molecule has 1 aromatic carbocycles. The third kappa shape index (κ3) is 17.6. The van der Waals surface area contributed by atoms with Crippen molar-refractivity contribution >= 4 is 59.4 Å². The molecule has 284 valence electrons. The maximum absolute atomic E-state index is 12.1. The van der Waals surface area contributed by atoms with E-state index in [1.807, 2.05) is 60.7 Å². The number of carboxylic acid groups (broad SMARTS) is 1. The van der Waals surface area contributed by atoms with E-state index < -0.39 is 32.2 Å². The number of carbonyl (C=O) groups is 1. The third-order valence-corrected chi connectivity index (χ3v) is 6.99. The van der Waals surface area contributed by atoms with Gasteiger partial charge in [0.15, 0.2) is 0 Å². The van der Waals surface area contributed by atoms with Crippen LogP contribution in [0, 0.1) is 0 Å². The molecular formula is C29H48Cl2N7O9PS2. The summed E-state index contributed by atoms with van der Waals surface area (Å²) in [6.07, 6.45) is 7.61. The number of aliphatic carboxylic acids is 1. The SMILES string of the molecule is CC(C)Oc1cc(-n2nc(C(C)(C)C)oc2=O)c(Cl)cc1Cl.CSc1nnc(C(C)(C)C)c(=O)n1N.C[S+](C)C.O=C(O)CNCP(=O)([O-])O. The molecule has 3 rings (SSSR count). The fourth-order valence-electron chi connectivity index (χ4n) is 3.06. The van der Waals surface area contributed by atoms with Crippen molar-refractivity contribution in [3.05, 3.63) is 54.7 Å². The highest BCUT2D eigenvalue weighted by molar-refractivity contribution is 7.98. The van der Waals surface area contributed by atoms with Crippen molar-refractivity contribution in [3.63, 3.8) is 0 Å². The Morgan fingerprint density at radius 3 is 2.06 bits per heavy atom. The molecule has 0 spiro atoms. The molecule has 0 aliphatic carbocycles. The Kier molecular flexibility index (Phi) is 19.4. The van der Waals surface area contributed by atoms with Gasteiger partial charge in [0.05, 0.1) is 53.4 Å². The highest BCUT2D eigenvalue weighted by atomic mass is 35.5. The molecule has 5 N–H and O–H groups in total. The zero-order valence-electron chi connectivity index (χ0n) is 30.2. The van der Waals surface area contributed by atoms with Crippen molar-refractivity contribution in [2.75, 3.05) is 43.7 Å². The van der Waals surface area contributed by atoms with Gasteiger partial charge in [0, 0.05) is 16.9 Å². The van der Waals surface area contributed by atoms with Crippen molar-refractivity contribution in [2.24, 2.45) is 0 Å². The molecule has 21 heteroatoms. The molecule has 0 aliphatic heterocycles. The van der Waals surface area contributed by atoms with E-state index in [-0.39, 0.29) is 27.5 Å². The lowest BCUT2D eigenvalue weighted by molar-refractivity contribution is -0.193. The summed E-state index contributed by atoms with van der Waals surface area (Å²) in [5.74, 6) is 4.55. The molecule has 50 heavy (non-hydrogen) atoms. The fraction of sp³-hybridized carbons (Fsp3) is 0.586. The van der Waals surface area contributed by atoms with E-state index in [4.69, 9.17) is 48.2 Å². The van der Waals surface area contributed by atoms with Gasteiger partial charge in [-0.15, -0.1) is 15.3 Å². The first kappa shape index (κ1) is 47.4. The van der Waals surface area contributed by atoms with Gasteiger partial charge in [0.25, 0.3) is 5.56 Å². The number of thioether (sulfide) groups is 1. The molecule has 1 atom stereocenters. The van der Waals surface area contributed by atoms with Crippen molar-refractivity contribution < 1.29 is 33.4 Å². The van der Waals surface area contributed by atoms with Crippen LogP contribution in [-0.2, 0) is 31.1 Å². The molecule has 0 bridgehead atoms. The van der Waals surface area contributed by atoms with Crippen LogP contribution in [-0.4, -0.2) is 84.6 Å². The second-order valence-electron chi connectivity index (χ2n) is 13.0. The van der Waals surface area contributed by atoms with Crippen LogP contribution in [0.1, 0.15) is 67.0 Å². The summed E-state index contributed by atoms with van der Waals surface area (Å²) in [7, 11) is -3.71. The van der Waals surface area contributed by atoms with Crippen LogP contribution in [0.15, 0.2) is 31.3 Å². The Morgan fingerprint density at radius 1 is 1.12 bits per heavy atom. The second kappa shape index (κ2) is 20.5. The minimum atomic E-state index is -4.35. The van der Waals surface area contributed by atoms with Crippen LogP contribution in [0.5, 0.6) is 5.75 Å². The average molecular weight is 805 g/mol. The van der Waals surface area contributed by atoms with Crippen LogP contribution in [0.4, 0.5) is 0 Å². The lowest BCUT2D eigenvalue weighted by Gasteiger charge is -2.16. The number of nitrogens with two attached hydrogens (primary N) is 1. The third-order valence-electron chi connectivity index (χ3n) is 5.13. The number of hydrogen-bond donors (Lipinski definition) is 4. The van der Waals surface area contributed by atoms with Gasteiger partial charge in [0.2, 0.25) is 11.0 Å². The van der Waals surface area contributed by atoms with Crippen molar-refractivity contribution in [2.45, 2.75) is 77.5 Å². The number of rotatable bonds is 8. The predicted octanol–water partition coefficient (Wildman–Crippen LogP) is 3.25. The molecule has 0 saturated heterocycles. The number of nitrogens with zero attached hydrogens (tertiary/aromatic N) is 5. The minimum Gasteiger partial charge on any atom is -0.778 e. The second-order valence-corrected chi connectivity index (χ2v) is 18.7. The molecule has 0 fully saturated rings. The molecule has 1 unspecified atom stereocenters. The smallest absolute Gasteiger partial charge is 0.442 e. The molecule has 0 amide bonds. The van der Waals surface area contributed by atoms with Gasteiger partial charge in [-0.1, -0.05) is 76.5 Å². The van der Waals surface area contributed by atoms with Crippen molar-refractivity contribution in [1.29, 1.82) is 0 Å². The summed E-state index contributed by atoms with van der Waals surface area (Å²) in [6, 6.07) is 3.11. The van der Waals surface area contributed by atoms with E-state index in [0.29, 0.717) is 44.1 Å². The van der Waals surface area contributed by atoms with Gasteiger partial charge in [-0.25, -0.2) is 4.79 Å². The number of benzene rings is 1. The Morgan fingerprint density at radius 2 is 1.66 bits per heavy atom. The topological polar surface area (TPSA) is 241 Å². The summed E-state index contributed by atoms with van der Waals surface area (Å²) in [5, 5.41) is 23.0. The molecule has 16 nitrogen and oxygen atoms in total. The van der Waals surface area contributed by atoms with Crippen molar-refractivity contribution in [1.82, 2.24) is 30.0 Å². The number of carboxylic acids is 1. The van der Waals surface area contributed by atoms with Gasteiger partial charge < -0.3 is 34.5 Å². The molecule has 0 saturated carbocycles. The van der Waals surface area contributed by atoms with Crippen LogP contribution >= 0.6 is 42.6 Å². The minimum absolute atomic E-state index is 0.0642. The van der Waals surface area contributed by atoms with E-state index in [9.17, 15) is 23.8 Å². The van der Waals surface area contributed by atoms with Gasteiger partial charge in [-0.05, 0) is 37.1 Å². The van der Waals surface area contributed by atoms with E-state index in [1.54, 1.807) is 12.3 Å². The van der Waals surface area contributed by atoms with E-state index in [2.05, 4.69) is 34.1 Å². The van der Waals surface area contributed by atoms with Gasteiger partial charge in [0.1, 0.15) is 19.0 Å². The van der Waals surface area contributed by atoms with Gasteiger partial charge in [-0.3, -0.25) is 14.9 Å². The van der Waals surface area contributed by atoms with Crippen LogP contribution in [0.25, 0.3) is 5.69 Å². The molecule has 0 aliphatic rings. The normalized spacial score (nSPS) is 12.5. The first-order chi connectivity index (χ1) is 22.6. The molecular weight excluding hydrogens is 756 g/mol. The number of halogens is 2. The Balaban J connectivity index is 0.000000735. The number of hydrogen-bond acceptors (Lipinski definition) is 13. The first-order valence-electron chi connectivity index (χ1n) is 14.6. The largest absolute Gasteiger partial charge is 0.778 e. The Labute approximate surface area is 309 Å². The number of nitrogens with one attached hydrogen (secondary N) is 1. The van der Waals surface area contributed by atoms with E-state index in [0.717, 1.165) is 9.36 Å². The molecule has 2 aromatic heterocycles. The average Bonchev–Trinajstić information content (AvgIpc) is 3.32. The number of ether oxygens (including phenoxy) is 1. The lowest BCUT2D eigenvalue weighted by Crippen LogP contribution is -2.37. The van der Waals surface area contributed by atoms with Gasteiger partial charge in [-0.2, -0.15) is 9.36 Å². The van der Waals surface area contributed by atoms with Crippen molar-refractivity contribution in [3.8, 4) is 11.4 Å². The van der Waals surface area contributed by atoms with E-state index in [1.165, 1.54) is 17.8 Å². The lowest BCUT2D eigenvalue weighted by atomic mass is 9.93. The summed E-state index contributed by atoms with van der Waals surface area (Å²) >= 11 is 13.6. The summed E-state index contributed by atoms with van der Waals surface area (Å²) in [4.78, 5) is 51.5. The zero-order chi connectivity index (χ0) is 39.4.